The number of methoxy groups -OCH3 is 1. The average molecular weight is 205 g/mol. The summed E-state index contributed by atoms with van der Waals surface area (Å²) in [7, 11) is 1.73. The van der Waals surface area contributed by atoms with Crippen LogP contribution in [-0.2, 0) is 5.54 Å². The van der Waals surface area contributed by atoms with E-state index in [1.807, 2.05) is 0 Å². The van der Waals surface area contributed by atoms with Crippen LogP contribution >= 0.6 is 0 Å². The Kier molecular flexibility index (Phi) is 2.70. The summed E-state index contributed by atoms with van der Waals surface area (Å²) in [5.74, 6) is 0.958. The topological polar surface area (TPSA) is 21.3 Å². The van der Waals surface area contributed by atoms with Crippen LogP contribution < -0.4 is 10.1 Å². The average Bonchev–Trinajstić information content (AvgIpc) is 2.65. The van der Waals surface area contributed by atoms with E-state index < -0.39 is 0 Å². The standard InChI is InChI=1S/C13H19NO/c1-10-7-11(9-12(8-10)15-3)13(2)5-4-6-14-13/h7-9,14H,4-6H2,1-3H3. The van der Waals surface area contributed by atoms with Crippen LogP contribution in [0.15, 0.2) is 18.2 Å². The lowest BCUT2D eigenvalue weighted by molar-refractivity contribution is 0.403. The number of benzene rings is 1. The van der Waals surface area contributed by atoms with E-state index in [4.69, 9.17) is 4.74 Å². The highest BCUT2D eigenvalue weighted by molar-refractivity contribution is 5.37. The second kappa shape index (κ2) is 3.86. The Morgan fingerprint density at radius 2 is 2.13 bits per heavy atom. The van der Waals surface area contributed by atoms with Gasteiger partial charge in [-0.05, 0) is 56.5 Å². The Bertz CT molecular complexity index is 354. The zero-order valence-corrected chi connectivity index (χ0v) is 9.76. The van der Waals surface area contributed by atoms with Gasteiger partial charge in [-0.25, -0.2) is 0 Å². The van der Waals surface area contributed by atoms with Crippen LogP contribution in [0.2, 0.25) is 0 Å². The van der Waals surface area contributed by atoms with E-state index in [0.717, 1.165) is 12.3 Å². The van der Waals surface area contributed by atoms with Gasteiger partial charge in [0.15, 0.2) is 0 Å². The molecule has 0 bridgehead atoms. The normalized spacial score (nSPS) is 25.5. The molecule has 0 spiro atoms. The van der Waals surface area contributed by atoms with Crippen LogP contribution in [0.25, 0.3) is 0 Å². The summed E-state index contributed by atoms with van der Waals surface area (Å²) >= 11 is 0. The molecule has 1 unspecified atom stereocenters. The molecule has 2 heteroatoms. The van der Waals surface area contributed by atoms with Crippen molar-refractivity contribution in [1.82, 2.24) is 5.32 Å². The van der Waals surface area contributed by atoms with Gasteiger partial charge in [-0.15, -0.1) is 0 Å². The minimum atomic E-state index is 0.138. The van der Waals surface area contributed by atoms with E-state index in [1.165, 1.54) is 24.0 Å². The molecule has 1 fully saturated rings. The molecule has 82 valence electrons. The lowest BCUT2D eigenvalue weighted by Gasteiger charge is -2.25. The van der Waals surface area contributed by atoms with Crippen LogP contribution in [0.3, 0.4) is 0 Å². The molecule has 0 aromatic heterocycles. The van der Waals surface area contributed by atoms with E-state index >= 15 is 0 Å². The van der Waals surface area contributed by atoms with Crippen molar-refractivity contribution in [2.75, 3.05) is 13.7 Å². The number of hydrogen-bond acceptors (Lipinski definition) is 2. The van der Waals surface area contributed by atoms with Crippen LogP contribution in [0.4, 0.5) is 0 Å². The third-order valence-corrected chi connectivity index (χ3v) is 3.29. The number of hydrogen-bond donors (Lipinski definition) is 1. The van der Waals surface area contributed by atoms with Crippen molar-refractivity contribution in [3.63, 3.8) is 0 Å². The fourth-order valence-electron chi connectivity index (χ4n) is 2.33. The molecule has 0 aliphatic carbocycles. The summed E-state index contributed by atoms with van der Waals surface area (Å²) in [4.78, 5) is 0. The Morgan fingerprint density at radius 3 is 2.73 bits per heavy atom. The second-order valence-corrected chi connectivity index (χ2v) is 4.60. The van der Waals surface area contributed by atoms with E-state index in [9.17, 15) is 0 Å². The number of aryl methyl sites for hydroxylation is 1. The molecular formula is C13H19NO. The van der Waals surface area contributed by atoms with Crippen molar-refractivity contribution >= 4 is 0 Å². The van der Waals surface area contributed by atoms with Gasteiger partial charge in [0, 0.05) is 5.54 Å². The SMILES string of the molecule is COc1cc(C)cc(C2(C)CCCN2)c1. The van der Waals surface area contributed by atoms with Gasteiger partial charge < -0.3 is 10.1 Å². The van der Waals surface area contributed by atoms with Gasteiger partial charge in [0.1, 0.15) is 5.75 Å². The molecule has 0 saturated carbocycles. The predicted octanol–water partition coefficient (Wildman–Crippen LogP) is 2.60. The van der Waals surface area contributed by atoms with Crippen molar-refractivity contribution in [3.8, 4) is 5.75 Å². The molecule has 1 N–H and O–H groups in total. The highest BCUT2D eigenvalue weighted by atomic mass is 16.5. The Balaban J connectivity index is 2.38. The van der Waals surface area contributed by atoms with Crippen LogP contribution in [0, 0.1) is 6.92 Å². The maximum absolute atomic E-state index is 5.31. The van der Waals surface area contributed by atoms with E-state index in [0.29, 0.717) is 0 Å². The van der Waals surface area contributed by atoms with E-state index in [2.05, 4.69) is 37.4 Å². The van der Waals surface area contributed by atoms with Crippen molar-refractivity contribution < 1.29 is 4.74 Å². The molecule has 15 heavy (non-hydrogen) atoms. The summed E-state index contributed by atoms with van der Waals surface area (Å²) in [5, 5.41) is 3.57. The van der Waals surface area contributed by atoms with Crippen molar-refractivity contribution in [1.29, 1.82) is 0 Å². The van der Waals surface area contributed by atoms with Crippen molar-refractivity contribution in [2.45, 2.75) is 32.2 Å². The lowest BCUT2D eigenvalue weighted by atomic mass is 9.89. The molecule has 1 aromatic rings. The van der Waals surface area contributed by atoms with Crippen LogP contribution in [0.1, 0.15) is 30.9 Å². The molecule has 0 radical (unpaired) electrons. The third kappa shape index (κ3) is 2.00. The molecule has 1 aromatic carbocycles. The number of ether oxygens (including phenoxy) is 1. The smallest absolute Gasteiger partial charge is 0.119 e. The summed E-state index contributed by atoms with van der Waals surface area (Å²) < 4.78 is 5.31. The predicted molar refractivity (Wildman–Crippen MR) is 62.3 cm³/mol. The molecule has 0 amide bonds. The Hall–Kier alpha value is -1.02. The molecule has 1 atom stereocenters. The highest BCUT2D eigenvalue weighted by Crippen LogP contribution is 2.32. The lowest BCUT2D eigenvalue weighted by Crippen LogP contribution is -2.33. The van der Waals surface area contributed by atoms with E-state index in [1.54, 1.807) is 7.11 Å². The Morgan fingerprint density at radius 1 is 1.33 bits per heavy atom. The second-order valence-electron chi connectivity index (χ2n) is 4.60. The van der Waals surface area contributed by atoms with Crippen molar-refractivity contribution in [3.05, 3.63) is 29.3 Å². The summed E-state index contributed by atoms with van der Waals surface area (Å²) in [6, 6.07) is 6.47. The fraction of sp³-hybridized carbons (Fsp3) is 0.538. The van der Waals surface area contributed by atoms with Crippen LogP contribution in [0.5, 0.6) is 5.75 Å². The molecule has 2 rings (SSSR count). The number of nitrogens with one attached hydrogen (secondary N) is 1. The zero-order chi connectivity index (χ0) is 10.9. The molecule has 1 aliphatic rings. The van der Waals surface area contributed by atoms with Gasteiger partial charge in [0.2, 0.25) is 0 Å². The number of rotatable bonds is 2. The van der Waals surface area contributed by atoms with Gasteiger partial charge >= 0.3 is 0 Å². The first-order valence-corrected chi connectivity index (χ1v) is 5.55. The van der Waals surface area contributed by atoms with Gasteiger partial charge in [-0.3, -0.25) is 0 Å². The fourth-order valence-corrected chi connectivity index (χ4v) is 2.33. The van der Waals surface area contributed by atoms with E-state index in [-0.39, 0.29) is 5.54 Å². The first kappa shape index (κ1) is 10.5. The highest BCUT2D eigenvalue weighted by Gasteiger charge is 2.30. The van der Waals surface area contributed by atoms with Gasteiger partial charge in [0.05, 0.1) is 7.11 Å². The molecule has 1 saturated heterocycles. The van der Waals surface area contributed by atoms with Gasteiger partial charge in [0.25, 0.3) is 0 Å². The zero-order valence-electron chi connectivity index (χ0n) is 9.76. The molecule has 1 heterocycles. The van der Waals surface area contributed by atoms with Gasteiger partial charge in [-0.1, -0.05) is 6.07 Å². The van der Waals surface area contributed by atoms with Crippen molar-refractivity contribution in [2.24, 2.45) is 0 Å². The Labute approximate surface area is 91.6 Å². The monoisotopic (exact) mass is 205 g/mol. The summed E-state index contributed by atoms with van der Waals surface area (Å²) in [5.41, 5.74) is 2.75. The molecule has 1 aliphatic heterocycles. The summed E-state index contributed by atoms with van der Waals surface area (Å²) in [6.45, 7) is 5.51. The maximum Gasteiger partial charge on any atom is 0.119 e. The minimum absolute atomic E-state index is 0.138. The third-order valence-electron chi connectivity index (χ3n) is 3.29. The first-order valence-electron chi connectivity index (χ1n) is 5.55. The largest absolute Gasteiger partial charge is 0.497 e. The summed E-state index contributed by atoms with van der Waals surface area (Å²) in [6.07, 6.45) is 2.46. The molecule has 2 nitrogen and oxygen atoms in total. The quantitative estimate of drug-likeness (QED) is 0.801. The van der Waals surface area contributed by atoms with Gasteiger partial charge in [-0.2, -0.15) is 0 Å². The first-order chi connectivity index (χ1) is 7.14. The minimum Gasteiger partial charge on any atom is -0.497 e. The maximum atomic E-state index is 5.31. The van der Waals surface area contributed by atoms with Crippen LogP contribution in [-0.4, -0.2) is 13.7 Å². The molecular weight excluding hydrogens is 186 g/mol.